The van der Waals surface area contributed by atoms with Crippen molar-refractivity contribution in [2.75, 3.05) is 33.2 Å². The number of amides is 2. The lowest BCUT2D eigenvalue weighted by Crippen LogP contribution is -2.29. The maximum atomic E-state index is 11.3. The summed E-state index contributed by atoms with van der Waals surface area (Å²) >= 11 is 0. The second kappa shape index (κ2) is 11.5. The number of carbonyl (C=O) groups excluding carboxylic acids is 2. The molecule has 2 aromatic carbocycles. The number of rotatable bonds is 12. The van der Waals surface area contributed by atoms with Crippen molar-refractivity contribution in [1.82, 2.24) is 5.43 Å². The first kappa shape index (κ1) is 21.2. The number of benzene rings is 2. The van der Waals surface area contributed by atoms with Gasteiger partial charge in [-0.15, -0.1) is 0 Å². The topological polar surface area (TPSA) is 135 Å². The lowest BCUT2D eigenvalue weighted by Gasteiger charge is -2.09. The van der Waals surface area contributed by atoms with E-state index in [4.69, 9.17) is 30.5 Å². The van der Waals surface area contributed by atoms with Crippen molar-refractivity contribution in [3.63, 3.8) is 0 Å². The van der Waals surface area contributed by atoms with Crippen LogP contribution in [0.4, 0.5) is 0 Å². The van der Waals surface area contributed by atoms with Gasteiger partial charge in [-0.3, -0.25) is 15.0 Å². The summed E-state index contributed by atoms with van der Waals surface area (Å²) in [5.41, 5.74) is 8.10. The Morgan fingerprint density at radius 3 is 1.64 bits per heavy atom. The van der Waals surface area contributed by atoms with E-state index in [-0.39, 0.29) is 12.7 Å². The largest absolute Gasteiger partial charge is 0.491 e. The zero-order valence-corrected chi connectivity index (χ0v) is 15.3. The van der Waals surface area contributed by atoms with Crippen LogP contribution in [0.5, 0.6) is 11.5 Å². The minimum atomic E-state index is -0.480. The van der Waals surface area contributed by atoms with Crippen LogP contribution in [0, 0.1) is 0 Å². The second-order valence-corrected chi connectivity index (χ2v) is 5.52. The van der Waals surface area contributed by atoms with Gasteiger partial charge < -0.3 is 24.7 Å². The SMILES string of the molecule is NNC(=O)c1ccc(OCCOCOCCOc2ccc(C(N)=O)cc2)cc1. The monoisotopic (exact) mass is 389 g/mol. The molecule has 2 amide bonds. The molecule has 150 valence electrons. The number of hydrazine groups is 1. The van der Waals surface area contributed by atoms with E-state index >= 15 is 0 Å². The van der Waals surface area contributed by atoms with Crippen LogP contribution in [0.3, 0.4) is 0 Å². The Morgan fingerprint density at radius 2 is 1.21 bits per heavy atom. The summed E-state index contributed by atoms with van der Waals surface area (Å²) in [6.07, 6.45) is 0. The van der Waals surface area contributed by atoms with Crippen LogP contribution in [0.2, 0.25) is 0 Å². The second-order valence-electron chi connectivity index (χ2n) is 5.52. The molecule has 0 unspecified atom stereocenters. The molecular weight excluding hydrogens is 366 g/mol. The van der Waals surface area contributed by atoms with Crippen molar-refractivity contribution in [3.8, 4) is 11.5 Å². The Morgan fingerprint density at radius 1 is 0.750 bits per heavy atom. The van der Waals surface area contributed by atoms with Crippen molar-refractivity contribution in [3.05, 3.63) is 59.7 Å². The van der Waals surface area contributed by atoms with Crippen LogP contribution in [-0.2, 0) is 9.47 Å². The number of carbonyl (C=O) groups is 2. The summed E-state index contributed by atoms with van der Waals surface area (Å²) in [7, 11) is 0. The fourth-order valence-corrected chi connectivity index (χ4v) is 2.11. The van der Waals surface area contributed by atoms with Gasteiger partial charge in [0.25, 0.3) is 5.91 Å². The number of hydrogen-bond acceptors (Lipinski definition) is 7. The van der Waals surface area contributed by atoms with Crippen LogP contribution in [-0.4, -0.2) is 45.0 Å². The van der Waals surface area contributed by atoms with E-state index in [1.807, 2.05) is 0 Å². The standard InChI is InChI=1S/C19H23N3O6/c20-18(23)14-1-5-16(6-2-14)27-11-9-25-13-26-10-12-28-17-7-3-15(4-8-17)19(24)22-21/h1-8H,9-13,21H2,(H2,20,23)(H,22,24). The van der Waals surface area contributed by atoms with E-state index in [9.17, 15) is 9.59 Å². The van der Waals surface area contributed by atoms with Crippen molar-refractivity contribution in [2.45, 2.75) is 0 Å². The van der Waals surface area contributed by atoms with Crippen LogP contribution < -0.4 is 26.5 Å². The highest BCUT2D eigenvalue weighted by molar-refractivity contribution is 5.93. The number of nitrogens with one attached hydrogen (secondary N) is 1. The molecule has 28 heavy (non-hydrogen) atoms. The smallest absolute Gasteiger partial charge is 0.265 e. The Labute approximate surface area is 162 Å². The minimum Gasteiger partial charge on any atom is -0.491 e. The lowest BCUT2D eigenvalue weighted by atomic mass is 10.2. The van der Waals surface area contributed by atoms with Crippen molar-refractivity contribution < 1.29 is 28.5 Å². The molecule has 9 nitrogen and oxygen atoms in total. The van der Waals surface area contributed by atoms with Gasteiger partial charge in [-0.25, -0.2) is 5.84 Å². The molecular formula is C19H23N3O6. The molecule has 0 saturated carbocycles. The normalized spacial score (nSPS) is 10.3. The summed E-state index contributed by atoms with van der Waals surface area (Å²) in [5.74, 6) is 5.46. The molecule has 0 aliphatic heterocycles. The van der Waals surface area contributed by atoms with E-state index in [0.717, 1.165) is 0 Å². The molecule has 9 heteroatoms. The van der Waals surface area contributed by atoms with Gasteiger partial charge in [-0.1, -0.05) is 0 Å². The molecule has 0 heterocycles. The molecule has 0 bridgehead atoms. The van der Waals surface area contributed by atoms with E-state index in [1.54, 1.807) is 48.5 Å². The maximum absolute atomic E-state index is 11.3. The van der Waals surface area contributed by atoms with Crippen LogP contribution >= 0.6 is 0 Å². The average molecular weight is 389 g/mol. The number of ether oxygens (including phenoxy) is 4. The third kappa shape index (κ3) is 7.23. The average Bonchev–Trinajstić information content (AvgIpc) is 2.72. The molecule has 2 rings (SSSR count). The third-order valence-corrected chi connectivity index (χ3v) is 3.55. The summed E-state index contributed by atoms with van der Waals surface area (Å²) in [6.45, 7) is 1.50. The third-order valence-electron chi connectivity index (χ3n) is 3.55. The van der Waals surface area contributed by atoms with Crippen LogP contribution in [0.1, 0.15) is 20.7 Å². The van der Waals surface area contributed by atoms with E-state index in [0.29, 0.717) is 49.1 Å². The van der Waals surface area contributed by atoms with Gasteiger partial charge in [-0.2, -0.15) is 0 Å². The number of nitrogens with two attached hydrogens (primary N) is 2. The molecule has 5 N–H and O–H groups in total. The van der Waals surface area contributed by atoms with Crippen LogP contribution in [0.15, 0.2) is 48.5 Å². The zero-order valence-electron chi connectivity index (χ0n) is 15.3. The van der Waals surface area contributed by atoms with Gasteiger partial charge in [0.1, 0.15) is 31.5 Å². The fourth-order valence-electron chi connectivity index (χ4n) is 2.11. The molecule has 0 fully saturated rings. The lowest BCUT2D eigenvalue weighted by molar-refractivity contribution is -0.0662. The summed E-state index contributed by atoms with van der Waals surface area (Å²) in [4.78, 5) is 22.3. The first-order valence-corrected chi connectivity index (χ1v) is 8.52. The first-order chi connectivity index (χ1) is 13.6. The Balaban J connectivity index is 1.49. The highest BCUT2D eigenvalue weighted by Gasteiger charge is 2.03. The predicted molar refractivity (Wildman–Crippen MR) is 101 cm³/mol. The molecule has 0 spiro atoms. The molecule has 0 saturated heterocycles. The predicted octanol–water partition coefficient (Wildman–Crippen LogP) is 0.838. The highest BCUT2D eigenvalue weighted by atomic mass is 16.7. The van der Waals surface area contributed by atoms with Crippen molar-refractivity contribution >= 4 is 11.8 Å². The fraction of sp³-hybridized carbons (Fsp3) is 0.263. The van der Waals surface area contributed by atoms with Gasteiger partial charge in [0.15, 0.2) is 0 Å². The Kier molecular flexibility index (Phi) is 8.73. The van der Waals surface area contributed by atoms with E-state index < -0.39 is 5.91 Å². The Bertz CT molecular complexity index is 749. The molecule has 0 aliphatic rings. The number of primary amides is 1. The zero-order chi connectivity index (χ0) is 20.2. The molecule has 0 atom stereocenters. The van der Waals surface area contributed by atoms with Gasteiger partial charge >= 0.3 is 0 Å². The molecule has 0 aromatic heterocycles. The molecule has 0 radical (unpaired) electrons. The van der Waals surface area contributed by atoms with Crippen LogP contribution in [0.25, 0.3) is 0 Å². The van der Waals surface area contributed by atoms with Gasteiger partial charge in [0.05, 0.1) is 13.2 Å². The van der Waals surface area contributed by atoms with Gasteiger partial charge in [-0.05, 0) is 48.5 Å². The summed E-state index contributed by atoms with van der Waals surface area (Å²) in [6, 6.07) is 13.1. The van der Waals surface area contributed by atoms with Crippen molar-refractivity contribution in [2.24, 2.45) is 11.6 Å². The molecule has 2 aromatic rings. The number of nitrogen functional groups attached to an aromatic ring is 1. The van der Waals surface area contributed by atoms with E-state index in [1.165, 1.54) is 0 Å². The minimum absolute atomic E-state index is 0.114. The maximum Gasteiger partial charge on any atom is 0.265 e. The molecule has 0 aliphatic carbocycles. The van der Waals surface area contributed by atoms with Crippen molar-refractivity contribution in [1.29, 1.82) is 0 Å². The highest BCUT2D eigenvalue weighted by Crippen LogP contribution is 2.12. The summed E-state index contributed by atoms with van der Waals surface area (Å²) in [5, 5.41) is 0. The summed E-state index contributed by atoms with van der Waals surface area (Å²) < 4.78 is 21.5. The van der Waals surface area contributed by atoms with Gasteiger partial charge in [0.2, 0.25) is 5.91 Å². The number of hydrogen-bond donors (Lipinski definition) is 3. The quantitative estimate of drug-likeness (QED) is 0.161. The Hall–Kier alpha value is -3.14. The van der Waals surface area contributed by atoms with Gasteiger partial charge in [0, 0.05) is 11.1 Å². The first-order valence-electron chi connectivity index (χ1n) is 8.52. The van der Waals surface area contributed by atoms with E-state index in [2.05, 4.69) is 5.43 Å².